The van der Waals surface area contributed by atoms with Crippen LogP contribution >= 0.6 is 0 Å². The van der Waals surface area contributed by atoms with Gasteiger partial charge in [-0.15, -0.1) is 0 Å². The summed E-state index contributed by atoms with van der Waals surface area (Å²) in [5.41, 5.74) is 1.63. The zero-order valence-corrected chi connectivity index (χ0v) is 14.2. The van der Waals surface area contributed by atoms with Gasteiger partial charge in [-0.3, -0.25) is 9.89 Å². The summed E-state index contributed by atoms with van der Waals surface area (Å²) < 4.78 is 0. The van der Waals surface area contributed by atoms with E-state index >= 15 is 0 Å². The van der Waals surface area contributed by atoms with Crippen molar-refractivity contribution in [3.63, 3.8) is 0 Å². The minimum Gasteiger partial charge on any atom is -0.340 e. The van der Waals surface area contributed by atoms with Crippen molar-refractivity contribution in [1.82, 2.24) is 25.1 Å². The molecule has 0 spiro atoms. The highest BCUT2D eigenvalue weighted by Crippen LogP contribution is 2.23. The number of nitrogens with one attached hydrogen (secondary N) is 2. The maximum Gasteiger partial charge on any atom is 0.229 e. The molecule has 8 nitrogen and oxygen atoms in total. The molecular weight excluding hydrogens is 330 g/mol. The lowest BCUT2D eigenvalue weighted by atomic mass is 9.97. The predicted molar refractivity (Wildman–Crippen MR) is 97.4 cm³/mol. The lowest BCUT2D eigenvalue weighted by molar-refractivity contribution is -0.120. The number of rotatable bonds is 4. The summed E-state index contributed by atoms with van der Waals surface area (Å²) >= 11 is 0. The highest BCUT2D eigenvalue weighted by atomic mass is 16.1. The number of anilines is 2. The van der Waals surface area contributed by atoms with Gasteiger partial charge in [0.2, 0.25) is 11.9 Å². The number of benzene rings is 1. The van der Waals surface area contributed by atoms with Gasteiger partial charge in [-0.25, -0.2) is 15.0 Å². The normalized spacial score (nSPS) is 17.1. The average molecular weight is 349 g/mol. The third kappa shape index (κ3) is 3.53. The third-order valence-electron chi connectivity index (χ3n) is 4.45. The fraction of sp³-hybridized carbons (Fsp3) is 0.278. The first-order valence-corrected chi connectivity index (χ1v) is 8.58. The summed E-state index contributed by atoms with van der Waals surface area (Å²) in [6.45, 7) is 1.49. The Morgan fingerprint density at radius 2 is 2.08 bits per heavy atom. The van der Waals surface area contributed by atoms with Crippen LogP contribution in [0.25, 0.3) is 11.4 Å². The molecule has 1 atom stereocenters. The van der Waals surface area contributed by atoms with E-state index in [0.717, 1.165) is 30.6 Å². The summed E-state index contributed by atoms with van der Waals surface area (Å²) in [4.78, 5) is 27.5. The number of piperidine rings is 1. The Balaban J connectivity index is 1.44. The Kier molecular flexibility index (Phi) is 4.55. The molecule has 4 rings (SSSR count). The molecule has 1 saturated heterocycles. The van der Waals surface area contributed by atoms with Gasteiger partial charge in [-0.2, -0.15) is 5.10 Å². The molecule has 1 amide bonds. The van der Waals surface area contributed by atoms with Gasteiger partial charge in [0.25, 0.3) is 0 Å². The number of aromatic amines is 1. The second-order valence-electron chi connectivity index (χ2n) is 6.24. The van der Waals surface area contributed by atoms with Crippen molar-refractivity contribution in [3.8, 4) is 11.4 Å². The Bertz CT molecular complexity index is 866. The summed E-state index contributed by atoms with van der Waals surface area (Å²) in [6, 6.07) is 9.36. The van der Waals surface area contributed by atoms with Crippen LogP contribution in [0.5, 0.6) is 0 Å². The maximum absolute atomic E-state index is 12.7. The van der Waals surface area contributed by atoms with Gasteiger partial charge < -0.3 is 10.2 Å². The SMILES string of the molecule is O=C(Nc1cccc(-c2ncn[nH]2)c1)C1CCCN(c2ncccn2)C1. The van der Waals surface area contributed by atoms with Crippen molar-refractivity contribution >= 4 is 17.5 Å². The number of carbonyl (C=O) groups is 1. The van der Waals surface area contributed by atoms with Gasteiger partial charge in [0.1, 0.15) is 6.33 Å². The van der Waals surface area contributed by atoms with Crippen LogP contribution in [0.3, 0.4) is 0 Å². The molecule has 1 fully saturated rings. The lowest BCUT2D eigenvalue weighted by Crippen LogP contribution is -2.41. The summed E-state index contributed by atoms with van der Waals surface area (Å²) in [6.07, 6.45) is 6.70. The highest BCUT2D eigenvalue weighted by Gasteiger charge is 2.27. The van der Waals surface area contributed by atoms with Crippen LogP contribution in [0.2, 0.25) is 0 Å². The zero-order chi connectivity index (χ0) is 17.8. The van der Waals surface area contributed by atoms with E-state index in [1.807, 2.05) is 24.3 Å². The first-order valence-electron chi connectivity index (χ1n) is 8.58. The molecule has 3 aromatic rings. The van der Waals surface area contributed by atoms with Gasteiger partial charge in [-0.1, -0.05) is 12.1 Å². The van der Waals surface area contributed by atoms with E-state index in [1.165, 1.54) is 6.33 Å². The first kappa shape index (κ1) is 16.2. The molecule has 132 valence electrons. The summed E-state index contributed by atoms with van der Waals surface area (Å²) in [5, 5.41) is 9.70. The zero-order valence-electron chi connectivity index (χ0n) is 14.2. The van der Waals surface area contributed by atoms with Gasteiger partial charge in [0.05, 0.1) is 5.92 Å². The van der Waals surface area contributed by atoms with Crippen molar-refractivity contribution in [2.24, 2.45) is 5.92 Å². The first-order chi connectivity index (χ1) is 12.8. The fourth-order valence-corrected chi connectivity index (χ4v) is 3.16. The second kappa shape index (κ2) is 7.30. The van der Waals surface area contributed by atoms with Crippen LogP contribution in [0.1, 0.15) is 12.8 Å². The average Bonchev–Trinajstić information content (AvgIpc) is 3.24. The van der Waals surface area contributed by atoms with Crippen LogP contribution in [0, 0.1) is 5.92 Å². The number of carbonyl (C=O) groups excluding carboxylic acids is 1. The highest BCUT2D eigenvalue weighted by molar-refractivity contribution is 5.93. The quantitative estimate of drug-likeness (QED) is 0.748. The van der Waals surface area contributed by atoms with Crippen LogP contribution < -0.4 is 10.2 Å². The number of nitrogens with zero attached hydrogens (tertiary/aromatic N) is 5. The summed E-state index contributed by atoms with van der Waals surface area (Å²) in [7, 11) is 0. The van der Waals surface area contributed by atoms with Crippen molar-refractivity contribution < 1.29 is 4.79 Å². The van der Waals surface area contributed by atoms with E-state index in [1.54, 1.807) is 18.5 Å². The molecule has 26 heavy (non-hydrogen) atoms. The van der Waals surface area contributed by atoms with E-state index in [9.17, 15) is 4.79 Å². The van der Waals surface area contributed by atoms with E-state index in [-0.39, 0.29) is 11.8 Å². The van der Waals surface area contributed by atoms with Crippen molar-refractivity contribution in [2.45, 2.75) is 12.8 Å². The van der Waals surface area contributed by atoms with E-state index < -0.39 is 0 Å². The molecular formula is C18H19N7O. The Morgan fingerprint density at radius 3 is 2.88 bits per heavy atom. The predicted octanol–water partition coefficient (Wildman–Crippen LogP) is 2.12. The van der Waals surface area contributed by atoms with Gasteiger partial charge in [0, 0.05) is 36.7 Å². The van der Waals surface area contributed by atoms with Crippen molar-refractivity contribution in [1.29, 1.82) is 0 Å². The minimum absolute atomic E-state index is 0.0142. The van der Waals surface area contributed by atoms with Crippen molar-refractivity contribution in [2.75, 3.05) is 23.3 Å². The largest absolute Gasteiger partial charge is 0.340 e. The molecule has 1 unspecified atom stereocenters. The van der Waals surface area contributed by atoms with Gasteiger partial charge in [0.15, 0.2) is 5.82 Å². The molecule has 3 heterocycles. The van der Waals surface area contributed by atoms with Crippen LogP contribution in [-0.4, -0.2) is 44.1 Å². The third-order valence-corrected chi connectivity index (χ3v) is 4.45. The molecule has 8 heteroatoms. The van der Waals surface area contributed by atoms with E-state index in [2.05, 4.69) is 35.4 Å². The number of H-pyrrole nitrogens is 1. The maximum atomic E-state index is 12.7. The molecule has 1 aliphatic heterocycles. The molecule has 2 N–H and O–H groups in total. The Hall–Kier alpha value is -3.29. The molecule has 1 aromatic carbocycles. The van der Waals surface area contributed by atoms with Crippen LogP contribution in [0.4, 0.5) is 11.6 Å². The Morgan fingerprint density at radius 1 is 1.19 bits per heavy atom. The standard InChI is InChI=1S/C18H19N7O/c26-17(14-5-2-9-25(11-14)18-19-7-3-8-20-18)23-15-6-1-4-13(10-15)16-21-12-22-24-16/h1,3-4,6-8,10,12,14H,2,5,9,11H2,(H,23,26)(H,21,22,24). The number of hydrogen-bond donors (Lipinski definition) is 2. The van der Waals surface area contributed by atoms with E-state index in [0.29, 0.717) is 18.3 Å². The molecule has 0 saturated carbocycles. The topological polar surface area (TPSA) is 99.7 Å². The number of hydrogen-bond acceptors (Lipinski definition) is 6. The minimum atomic E-state index is -0.0958. The number of amides is 1. The van der Waals surface area contributed by atoms with E-state index in [4.69, 9.17) is 0 Å². The lowest BCUT2D eigenvalue weighted by Gasteiger charge is -2.31. The van der Waals surface area contributed by atoms with Crippen LogP contribution in [0.15, 0.2) is 49.1 Å². The molecule has 0 aliphatic carbocycles. The van der Waals surface area contributed by atoms with Crippen LogP contribution in [-0.2, 0) is 4.79 Å². The van der Waals surface area contributed by atoms with Gasteiger partial charge in [-0.05, 0) is 31.0 Å². The fourth-order valence-electron chi connectivity index (χ4n) is 3.16. The smallest absolute Gasteiger partial charge is 0.229 e. The summed E-state index contributed by atoms with van der Waals surface area (Å²) in [5.74, 6) is 1.27. The molecule has 0 radical (unpaired) electrons. The number of aromatic nitrogens is 5. The van der Waals surface area contributed by atoms with Crippen molar-refractivity contribution in [3.05, 3.63) is 49.1 Å². The Labute approximate surface area is 150 Å². The molecule has 2 aromatic heterocycles. The monoisotopic (exact) mass is 349 g/mol. The molecule has 1 aliphatic rings. The molecule has 0 bridgehead atoms. The van der Waals surface area contributed by atoms with Gasteiger partial charge >= 0.3 is 0 Å². The second-order valence-corrected chi connectivity index (χ2v) is 6.24.